The lowest BCUT2D eigenvalue weighted by Gasteiger charge is -2.13. The predicted octanol–water partition coefficient (Wildman–Crippen LogP) is 3.67. The molecule has 0 bridgehead atoms. The number of ether oxygens (including phenoxy) is 1. The van der Waals surface area contributed by atoms with Crippen LogP contribution >= 0.6 is 15.9 Å². The summed E-state index contributed by atoms with van der Waals surface area (Å²) in [6, 6.07) is 7.49. The molecule has 0 aliphatic rings. The van der Waals surface area contributed by atoms with E-state index in [0.29, 0.717) is 5.56 Å². The molecule has 21 heavy (non-hydrogen) atoms. The number of hydrogen-bond donors (Lipinski definition) is 1. The van der Waals surface area contributed by atoms with Crippen LogP contribution in [0.15, 0.2) is 45.9 Å². The van der Waals surface area contributed by atoms with Crippen molar-refractivity contribution in [2.75, 3.05) is 7.11 Å². The third kappa shape index (κ3) is 2.34. The summed E-state index contributed by atoms with van der Waals surface area (Å²) >= 11 is 3.43. The number of methoxy groups -OCH3 is 1. The van der Waals surface area contributed by atoms with Gasteiger partial charge in [-0.3, -0.25) is 9.78 Å². The van der Waals surface area contributed by atoms with E-state index in [1.165, 1.54) is 0 Å². The van der Waals surface area contributed by atoms with E-state index >= 15 is 0 Å². The van der Waals surface area contributed by atoms with E-state index in [4.69, 9.17) is 4.74 Å². The first-order valence-corrected chi connectivity index (χ1v) is 7.22. The van der Waals surface area contributed by atoms with Gasteiger partial charge in [0.1, 0.15) is 5.75 Å². The summed E-state index contributed by atoms with van der Waals surface area (Å²) in [7, 11) is 1.64. The Morgan fingerprint density at radius 3 is 2.81 bits per heavy atom. The number of nitrogens with one attached hydrogen (secondary N) is 1. The first-order chi connectivity index (χ1) is 10.1. The molecule has 0 radical (unpaired) electrons. The fourth-order valence-electron chi connectivity index (χ4n) is 2.50. The van der Waals surface area contributed by atoms with Gasteiger partial charge in [-0.25, -0.2) is 0 Å². The SMILES string of the molecule is COc1c(C)cc(-c2ccc[nH]c2=O)c2ncc(Br)cc12. The van der Waals surface area contributed by atoms with E-state index < -0.39 is 0 Å². The molecule has 0 amide bonds. The summed E-state index contributed by atoms with van der Waals surface area (Å²) in [6.45, 7) is 1.96. The Labute approximate surface area is 129 Å². The lowest BCUT2D eigenvalue weighted by molar-refractivity contribution is 0.417. The second-order valence-corrected chi connectivity index (χ2v) is 5.65. The summed E-state index contributed by atoms with van der Waals surface area (Å²) in [4.78, 5) is 19.2. The third-order valence-corrected chi connectivity index (χ3v) is 3.82. The number of hydrogen-bond acceptors (Lipinski definition) is 3. The van der Waals surface area contributed by atoms with Gasteiger partial charge in [0.05, 0.1) is 12.6 Å². The Kier molecular flexibility index (Phi) is 3.51. The van der Waals surface area contributed by atoms with Gasteiger partial charge >= 0.3 is 0 Å². The van der Waals surface area contributed by atoms with Crippen molar-refractivity contribution in [1.82, 2.24) is 9.97 Å². The minimum absolute atomic E-state index is 0.131. The highest BCUT2D eigenvalue weighted by Gasteiger charge is 2.15. The standard InChI is InChI=1S/C16H13BrN2O2/c1-9-6-12(11-4-3-5-18-16(11)20)14-13(15(9)21-2)7-10(17)8-19-14/h3-8H,1-2H3,(H,18,20). The van der Waals surface area contributed by atoms with Crippen molar-refractivity contribution in [1.29, 1.82) is 0 Å². The monoisotopic (exact) mass is 344 g/mol. The number of benzene rings is 1. The molecule has 106 valence electrons. The number of halogens is 1. The minimum Gasteiger partial charge on any atom is -0.496 e. The van der Waals surface area contributed by atoms with Gasteiger partial charge in [-0.15, -0.1) is 0 Å². The second kappa shape index (κ2) is 5.33. The smallest absolute Gasteiger partial charge is 0.255 e. The zero-order chi connectivity index (χ0) is 15.0. The Morgan fingerprint density at radius 1 is 1.29 bits per heavy atom. The largest absolute Gasteiger partial charge is 0.496 e. The van der Waals surface area contributed by atoms with Crippen LogP contribution < -0.4 is 10.3 Å². The number of nitrogens with zero attached hydrogens (tertiary/aromatic N) is 1. The van der Waals surface area contributed by atoms with E-state index in [1.807, 2.05) is 19.1 Å². The maximum Gasteiger partial charge on any atom is 0.255 e. The Bertz CT molecular complexity index is 887. The molecule has 0 fully saturated rings. The van der Waals surface area contributed by atoms with Crippen LogP contribution in [0.25, 0.3) is 22.0 Å². The van der Waals surface area contributed by atoms with Crippen LogP contribution in [0.5, 0.6) is 5.75 Å². The summed E-state index contributed by atoms with van der Waals surface area (Å²) in [5.41, 5.74) is 2.98. The highest BCUT2D eigenvalue weighted by molar-refractivity contribution is 9.10. The van der Waals surface area contributed by atoms with Crippen molar-refractivity contribution in [2.45, 2.75) is 6.92 Å². The highest BCUT2D eigenvalue weighted by atomic mass is 79.9. The van der Waals surface area contributed by atoms with Gasteiger partial charge in [0, 0.05) is 33.4 Å². The van der Waals surface area contributed by atoms with Crippen LogP contribution in [0.3, 0.4) is 0 Å². The van der Waals surface area contributed by atoms with E-state index in [-0.39, 0.29) is 5.56 Å². The van der Waals surface area contributed by atoms with E-state index in [1.54, 1.807) is 31.6 Å². The molecule has 1 N–H and O–H groups in total. The summed E-state index contributed by atoms with van der Waals surface area (Å²) < 4.78 is 6.36. The number of pyridine rings is 2. The number of H-pyrrole nitrogens is 1. The van der Waals surface area contributed by atoms with Gasteiger partial charge in [0.25, 0.3) is 5.56 Å². The quantitative estimate of drug-likeness (QED) is 0.771. The van der Waals surface area contributed by atoms with Gasteiger partial charge in [-0.1, -0.05) is 0 Å². The van der Waals surface area contributed by atoms with Crippen molar-refractivity contribution in [2.24, 2.45) is 0 Å². The molecule has 0 unspecified atom stereocenters. The fourth-order valence-corrected chi connectivity index (χ4v) is 2.83. The van der Waals surface area contributed by atoms with Gasteiger partial charge in [0.15, 0.2) is 0 Å². The zero-order valence-corrected chi connectivity index (χ0v) is 13.2. The van der Waals surface area contributed by atoms with Crippen LogP contribution in [0, 0.1) is 6.92 Å². The van der Waals surface area contributed by atoms with Crippen LogP contribution in [0.2, 0.25) is 0 Å². The molecular weight excluding hydrogens is 332 g/mol. The van der Waals surface area contributed by atoms with Gasteiger partial charge < -0.3 is 9.72 Å². The molecule has 3 aromatic rings. The minimum atomic E-state index is -0.131. The molecule has 2 aromatic heterocycles. The maximum absolute atomic E-state index is 12.1. The van der Waals surface area contributed by atoms with Crippen LogP contribution in [-0.4, -0.2) is 17.1 Å². The normalized spacial score (nSPS) is 10.8. The van der Waals surface area contributed by atoms with Gasteiger partial charge in [-0.2, -0.15) is 0 Å². The second-order valence-electron chi connectivity index (χ2n) is 4.74. The summed E-state index contributed by atoms with van der Waals surface area (Å²) in [5, 5.41) is 0.880. The van der Waals surface area contributed by atoms with Crippen LogP contribution in [-0.2, 0) is 0 Å². The number of aromatic amines is 1. The first kappa shape index (κ1) is 13.8. The van der Waals surface area contributed by atoms with Crippen molar-refractivity contribution >= 4 is 26.8 Å². The lowest BCUT2D eigenvalue weighted by Crippen LogP contribution is -2.08. The Balaban J connectivity index is 2.45. The molecule has 0 saturated carbocycles. The third-order valence-electron chi connectivity index (χ3n) is 3.39. The molecule has 3 rings (SSSR count). The molecule has 0 saturated heterocycles. The summed E-state index contributed by atoms with van der Waals surface area (Å²) in [6.07, 6.45) is 3.34. The number of aryl methyl sites for hydroxylation is 1. The average Bonchev–Trinajstić information content (AvgIpc) is 2.47. The fraction of sp³-hybridized carbons (Fsp3) is 0.125. The predicted molar refractivity (Wildman–Crippen MR) is 86.8 cm³/mol. The number of aromatic nitrogens is 2. The van der Waals surface area contributed by atoms with Crippen molar-refractivity contribution in [3.05, 3.63) is 57.0 Å². The topological polar surface area (TPSA) is 55.0 Å². The van der Waals surface area contributed by atoms with Crippen LogP contribution in [0.4, 0.5) is 0 Å². The molecule has 5 heteroatoms. The van der Waals surface area contributed by atoms with Gasteiger partial charge in [0.2, 0.25) is 0 Å². The maximum atomic E-state index is 12.1. The Hall–Kier alpha value is -2.14. The van der Waals surface area contributed by atoms with E-state index in [9.17, 15) is 4.79 Å². The molecule has 2 heterocycles. The van der Waals surface area contributed by atoms with E-state index in [2.05, 4.69) is 25.9 Å². The van der Waals surface area contributed by atoms with Gasteiger partial charge in [-0.05, 0) is 52.7 Å². The molecule has 0 atom stereocenters. The zero-order valence-electron chi connectivity index (χ0n) is 11.6. The average molecular weight is 345 g/mol. The molecular formula is C16H13BrN2O2. The molecule has 1 aromatic carbocycles. The summed E-state index contributed by atoms with van der Waals surface area (Å²) in [5.74, 6) is 0.773. The Morgan fingerprint density at radius 2 is 2.10 bits per heavy atom. The number of fused-ring (bicyclic) bond motifs is 1. The highest BCUT2D eigenvalue weighted by Crippen LogP contribution is 2.36. The van der Waals surface area contributed by atoms with Crippen molar-refractivity contribution in [3.63, 3.8) is 0 Å². The molecule has 0 aliphatic carbocycles. The van der Waals surface area contributed by atoms with Crippen molar-refractivity contribution in [3.8, 4) is 16.9 Å². The van der Waals surface area contributed by atoms with E-state index in [0.717, 1.165) is 32.3 Å². The lowest BCUT2D eigenvalue weighted by atomic mass is 9.99. The molecule has 0 spiro atoms. The van der Waals surface area contributed by atoms with Crippen molar-refractivity contribution < 1.29 is 4.74 Å². The molecule has 0 aliphatic heterocycles. The first-order valence-electron chi connectivity index (χ1n) is 6.42. The molecule has 4 nitrogen and oxygen atoms in total. The van der Waals surface area contributed by atoms with Crippen LogP contribution in [0.1, 0.15) is 5.56 Å². The number of rotatable bonds is 2.